The third-order valence-corrected chi connectivity index (χ3v) is 15.2. The quantitative estimate of drug-likeness (QED) is 0.127. The molecule has 2 aromatic rings. The Bertz CT molecular complexity index is 1750. The molecule has 3 fully saturated rings. The third-order valence-electron chi connectivity index (χ3n) is 13.3. The van der Waals surface area contributed by atoms with E-state index in [2.05, 4.69) is 59.7 Å². The summed E-state index contributed by atoms with van der Waals surface area (Å²) in [6, 6.07) is 14.7. The molecule has 51 heavy (non-hydrogen) atoms. The number of fused-ring (bicyclic) bond motifs is 5. The topological polar surface area (TPSA) is 131 Å². The van der Waals surface area contributed by atoms with E-state index >= 15 is 0 Å². The van der Waals surface area contributed by atoms with Crippen molar-refractivity contribution < 1.29 is 32.6 Å². The molecule has 0 radical (unpaired) electrons. The zero-order valence-electron chi connectivity index (χ0n) is 30.4. The molecule has 4 aliphatic rings. The van der Waals surface area contributed by atoms with Crippen molar-refractivity contribution in [2.45, 2.75) is 103 Å². The van der Waals surface area contributed by atoms with E-state index in [-0.39, 0.29) is 70.3 Å². The van der Waals surface area contributed by atoms with Gasteiger partial charge < -0.3 is 20.0 Å². The Morgan fingerprint density at radius 2 is 1.80 bits per heavy atom. The van der Waals surface area contributed by atoms with Crippen LogP contribution in [0.2, 0.25) is 0 Å². The van der Waals surface area contributed by atoms with Crippen LogP contribution in [0, 0.1) is 56.8 Å². The maximum Gasteiger partial charge on any atom is 0.310 e. The minimum Gasteiger partial charge on any atom is -0.469 e. The highest BCUT2D eigenvalue weighted by atomic mass is 127. The molecule has 0 spiro atoms. The van der Waals surface area contributed by atoms with E-state index < -0.39 is 21.5 Å². The smallest absolute Gasteiger partial charge is 0.310 e. The molecule has 0 amide bonds. The van der Waals surface area contributed by atoms with Crippen molar-refractivity contribution in [3.8, 4) is 0 Å². The van der Waals surface area contributed by atoms with E-state index in [1.807, 2.05) is 31.2 Å². The maximum absolute atomic E-state index is 13.6. The molecule has 0 bridgehead atoms. The van der Waals surface area contributed by atoms with E-state index in [0.717, 1.165) is 46.1 Å². The number of hydrazine groups is 1. The number of aliphatic hydroxyl groups is 1. The first-order valence-electron chi connectivity index (χ1n) is 18.4. The number of halogens is 1. The molecule has 0 heterocycles. The number of sulfonamides is 1. The second kappa shape index (κ2) is 15.1. The Labute approximate surface area is 316 Å². The SMILES string of the molecule is COC(=O)CC[C@@H](C)[C@H]1CC[C@H]2[C@@H]3[C@H](O)CC4C[C@H](OC(=O)Cc5cccc(I)c5)CC[C@]4(C)[C@H]3C=C(NNS(=O)(=O)c3ccc(C)cc3)[C@]12C. The number of methoxy groups -OCH3 is 1. The standard InChI is InChI=1S/C40H53IN2O7S/c1-24-9-12-30(13-10-24)51(47,48)43-42-35-23-33-38(32-15-14-31(40(32,35)4)25(2)11-16-36(45)49-5)34(44)22-27-21-29(17-18-39(27,33)3)50-37(46)20-26-7-6-8-28(41)19-26/h6-10,12-13,19,23,25,27,29,31-34,38,42-44H,11,14-18,20-22H2,1-5H3/t25-,27?,29-,31-,32+,33+,34-,38+,39+,40-/m1/s1. The molecule has 4 aliphatic carbocycles. The van der Waals surface area contributed by atoms with E-state index in [1.165, 1.54) is 7.11 Å². The Kier molecular flexibility index (Phi) is 11.3. The monoisotopic (exact) mass is 832 g/mol. The molecule has 2 aromatic carbocycles. The Morgan fingerprint density at radius 1 is 1.06 bits per heavy atom. The van der Waals surface area contributed by atoms with Crippen LogP contribution in [0.4, 0.5) is 0 Å². The number of esters is 2. The fourth-order valence-corrected chi connectivity index (χ4v) is 11.9. The van der Waals surface area contributed by atoms with Crippen LogP contribution in [0.15, 0.2) is 65.2 Å². The van der Waals surface area contributed by atoms with Gasteiger partial charge in [-0.3, -0.25) is 9.59 Å². The minimum absolute atomic E-state index is 0.00266. The number of hydrogen-bond donors (Lipinski definition) is 3. The summed E-state index contributed by atoms with van der Waals surface area (Å²) in [7, 11) is -2.47. The Morgan fingerprint density at radius 3 is 2.51 bits per heavy atom. The van der Waals surface area contributed by atoms with Crippen molar-refractivity contribution >= 4 is 44.6 Å². The first kappa shape index (κ1) is 38.3. The number of carbonyl (C=O) groups is 2. The highest BCUT2D eigenvalue weighted by Gasteiger charge is 2.64. The highest BCUT2D eigenvalue weighted by molar-refractivity contribution is 14.1. The van der Waals surface area contributed by atoms with Crippen LogP contribution < -0.4 is 10.3 Å². The summed E-state index contributed by atoms with van der Waals surface area (Å²) in [5, 5.41) is 12.0. The molecule has 10 atom stereocenters. The molecule has 6 rings (SSSR count). The highest BCUT2D eigenvalue weighted by Crippen LogP contribution is 2.67. The molecule has 1 unspecified atom stereocenters. The van der Waals surface area contributed by atoms with Crippen molar-refractivity contribution in [2.75, 3.05) is 7.11 Å². The predicted molar refractivity (Wildman–Crippen MR) is 203 cm³/mol. The molecule has 11 heteroatoms. The Hall–Kier alpha value is -2.48. The molecular weight excluding hydrogens is 779 g/mol. The molecule has 3 saturated carbocycles. The average molecular weight is 833 g/mol. The number of aryl methyl sites for hydroxylation is 1. The lowest BCUT2D eigenvalue weighted by atomic mass is 9.45. The van der Waals surface area contributed by atoms with Gasteiger partial charge in [-0.2, -0.15) is 0 Å². The van der Waals surface area contributed by atoms with Gasteiger partial charge in [-0.25, -0.2) is 8.42 Å². The zero-order valence-corrected chi connectivity index (χ0v) is 33.3. The van der Waals surface area contributed by atoms with Crippen LogP contribution in [0.5, 0.6) is 0 Å². The largest absolute Gasteiger partial charge is 0.469 e. The van der Waals surface area contributed by atoms with E-state index in [9.17, 15) is 23.1 Å². The van der Waals surface area contributed by atoms with Gasteiger partial charge in [0.2, 0.25) is 0 Å². The number of hydrogen-bond acceptors (Lipinski definition) is 8. The van der Waals surface area contributed by atoms with Gasteiger partial charge in [-0.15, -0.1) is 4.83 Å². The maximum atomic E-state index is 13.6. The van der Waals surface area contributed by atoms with Gasteiger partial charge in [-0.1, -0.05) is 56.7 Å². The van der Waals surface area contributed by atoms with Crippen LogP contribution in [0.3, 0.4) is 0 Å². The molecule has 0 saturated heterocycles. The second-order valence-electron chi connectivity index (χ2n) is 16.1. The number of ether oxygens (including phenoxy) is 2. The fourth-order valence-electron chi connectivity index (χ4n) is 10.5. The number of allylic oxidation sites excluding steroid dienone is 2. The van der Waals surface area contributed by atoms with Gasteiger partial charge in [0.25, 0.3) is 10.0 Å². The molecule has 9 nitrogen and oxygen atoms in total. The van der Waals surface area contributed by atoms with E-state index in [0.29, 0.717) is 25.7 Å². The van der Waals surface area contributed by atoms with Crippen LogP contribution in [0.1, 0.15) is 83.3 Å². The normalized spacial score (nSPS) is 33.5. The van der Waals surface area contributed by atoms with Crippen molar-refractivity contribution in [3.05, 3.63) is 75.0 Å². The first-order chi connectivity index (χ1) is 24.1. The van der Waals surface area contributed by atoms with Gasteiger partial charge in [0.05, 0.1) is 24.5 Å². The summed E-state index contributed by atoms with van der Waals surface area (Å²) in [6.07, 6.45) is 7.48. The lowest BCUT2D eigenvalue weighted by Gasteiger charge is -2.61. The van der Waals surface area contributed by atoms with Gasteiger partial charge in [0.1, 0.15) is 6.10 Å². The Balaban J connectivity index is 1.28. The van der Waals surface area contributed by atoms with Crippen LogP contribution in [0.25, 0.3) is 0 Å². The summed E-state index contributed by atoms with van der Waals surface area (Å²) in [5.74, 6) is 0.138. The van der Waals surface area contributed by atoms with Gasteiger partial charge in [0, 0.05) is 21.1 Å². The zero-order chi connectivity index (χ0) is 36.7. The predicted octanol–water partition coefficient (Wildman–Crippen LogP) is 6.86. The molecule has 3 N–H and O–H groups in total. The van der Waals surface area contributed by atoms with Gasteiger partial charge in [0.15, 0.2) is 0 Å². The molecule has 0 aliphatic heterocycles. The van der Waals surface area contributed by atoms with Crippen molar-refractivity contribution in [1.29, 1.82) is 0 Å². The summed E-state index contributed by atoms with van der Waals surface area (Å²) in [6.45, 7) is 8.65. The summed E-state index contributed by atoms with van der Waals surface area (Å²) in [4.78, 5) is 28.0. The minimum atomic E-state index is -3.88. The number of nitrogens with one attached hydrogen (secondary N) is 2. The molecular formula is C40H53IN2O7S. The average Bonchev–Trinajstić information content (AvgIpc) is 3.44. The van der Waals surface area contributed by atoms with E-state index in [1.54, 1.807) is 24.3 Å². The summed E-state index contributed by atoms with van der Waals surface area (Å²) >= 11 is 2.25. The first-order valence-corrected chi connectivity index (χ1v) is 21.0. The van der Waals surface area contributed by atoms with Crippen LogP contribution in [-0.2, 0) is 35.5 Å². The van der Waals surface area contributed by atoms with Crippen molar-refractivity contribution in [1.82, 2.24) is 10.3 Å². The third kappa shape index (κ3) is 7.64. The number of benzene rings is 2. The van der Waals surface area contributed by atoms with Crippen molar-refractivity contribution in [2.24, 2.45) is 46.3 Å². The van der Waals surface area contributed by atoms with Gasteiger partial charge >= 0.3 is 11.9 Å². The number of aliphatic hydroxyl groups excluding tert-OH is 1. The molecule has 0 aromatic heterocycles. The van der Waals surface area contributed by atoms with Crippen LogP contribution >= 0.6 is 22.6 Å². The summed E-state index contributed by atoms with van der Waals surface area (Å²) in [5.41, 5.74) is 5.38. The number of carbonyl (C=O) groups excluding carboxylic acids is 2. The van der Waals surface area contributed by atoms with E-state index in [4.69, 9.17) is 9.47 Å². The van der Waals surface area contributed by atoms with Crippen LogP contribution in [-0.4, -0.2) is 44.8 Å². The molecule has 278 valence electrons. The lowest BCUT2D eigenvalue weighted by Crippen LogP contribution is -2.60. The number of rotatable bonds is 11. The van der Waals surface area contributed by atoms with Gasteiger partial charge in [-0.05, 0) is 145 Å². The fraction of sp³-hybridized carbons (Fsp3) is 0.600. The lowest BCUT2D eigenvalue weighted by molar-refractivity contribution is -0.164. The second-order valence-corrected chi connectivity index (χ2v) is 19.0. The summed E-state index contributed by atoms with van der Waals surface area (Å²) < 4.78 is 39.2. The van der Waals surface area contributed by atoms with Crippen molar-refractivity contribution in [3.63, 3.8) is 0 Å².